The van der Waals surface area contributed by atoms with Crippen molar-refractivity contribution in [3.8, 4) is 0 Å². The quantitative estimate of drug-likeness (QED) is 0.592. The molecule has 7 nitrogen and oxygen atoms in total. The molecule has 0 fully saturated rings. The molecule has 2 rings (SSSR count). The third kappa shape index (κ3) is 6.84. The van der Waals surface area contributed by atoms with E-state index in [0.29, 0.717) is 28.1 Å². The van der Waals surface area contributed by atoms with Crippen LogP contribution in [-0.2, 0) is 11.3 Å². The Hall–Kier alpha value is -1.54. The number of benzene rings is 1. The Morgan fingerprint density at radius 2 is 1.81 bits per heavy atom. The van der Waals surface area contributed by atoms with E-state index in [9.17, 15) is 4.79 Å². The van der Waals surface area contributed by atoms with Gasteiger partial charge in [-0.15, -0.1) is 22.6 Å². The van der Waals surface area contributed by atoms with Crippen LogP contribution in [0.1, 0.15) is 30.8 Å². The maximum Gasteiger partial charge on any atom is 0.362 e. The maximum absolute atomic E-state index is 12.0. The molecule has 27 heavy (non-hydrogen) atoms. The Morgan fingerprint density at radius 1 is 1.19 bits per heavy atom. The highest BCUT2D eigenvalue weighted by Gasteiger charge is 2.20. The summed E-state index contributed by atoms with van der Waals surface area (Å²) in [5, 5.41) is 12.6. The Balaban J connectivity index is 0.00000364. The van der Waals surface area contributed by atoms with E-state index in [-0.39, 0.29) is 18.1 Å². The molecule has 1 heterocycles. The fraction of sp³-hybridized carbons (Fsp3) is 0.471. The average Bonchev–Trinajstić information content (AvgIpc) is 2.99. The molecule has 0 spiro atoms. The molecule has 0 aliphatic rings. The molecule has 0 unspecified atom stereocenters. The van der Waals surface area contributed by atoms with Gasteiger partial charge in [0.15, 0.2) is 5.82 Å². The number of halogens is 3. The molecule has 0 atom stereocenters. The lowest BCUT2D eigenvalue weighted by atomic mass is 10.3. The molecule has 1 aromatic carbocycles. The van der Waals surface area contributed by atoms with Gasteiger partial charge in [0.2, 0.25) is 5.69 Å². The lowest BCUT2D eigenvalue weighted by molar-refractivity contribution is 0.0594. The predicted molar refractivity (Wildman–Crippen MR) is 111 cm³/mol. The van der Waals surface area contributed by atoms with Crippen molar-refractivity contribution in [2.45, 2.75) is 26.8 Å². The molecule has 1 aromatic heterocycles. The number of anilines is 2. The van der Waals surface area contributed by atoms with Crippen molar-refractivity contribution in [1.82, 2.24) is 19.9 Å². The number of methoxy groups -OCH3 is 1. The Bertz CT molecular complexity index is 730. The zero-order chi connectivity index (χ0) is 19.1. The standard InChI is InChI=1S/C17H23Cl2N5O2.ClH/c1-4-23(5-2)7-6-8-24-21-15(17(25)26-3)16(22-24)20-14-10-12(18)9-13(19)11-14;/h9-11H,4-8H2,1-3H3,(H,20,22);1H. The van der Waals surface area contributed by atoms with Crippen LogP contribution in [0, 0.1) is 0 Å². The Morgan fingerprint density at radius 3 is 2.37 bits per heavy atom. The average molecular weight is 437 g/mol. The van der Waals surface area contributed by atoms with E-state index in [1.807, 2.05) is 0 Å². The minimum atomic E-state index is -0.560. The molecule has 10 heteroatoms. The van der Waals surface area contributed by atoms with Crippen LogP contribution < -0.4 is 5.32 Å². The van der Waals surface area contributed by atoms with E-state index in [1.165, 1.54) is 11.9 Å². The molecular formula is C17H24Cl3N5O2. The van der Waals surface area contributed by atoms with Crippen molar-refractivity contribution in [3.05, 3.63) is 33.9 Å². The molecular weight excluding hydrogens is 413 g/mol. The molecule has 150 valence electrons. The van der Waals surface area contributed by atoms with Crippen LogP contribution in [-0.4, -0.2) is 52.6 Å². The minimum Gasteiger partial charge on any atom is -0.464 e. The monoisotopic (exact) mass is 435 g/mol. The summed E-state index contributed by atoms with van der Waals surface area (Å²) in [5.74, 6) is -0.256. The van der Waals surface area contributed by atoms with Crippen LogP contribution >= 0.6 is 35.6 Å². The van der Waals surface area contributed by atoms with Gasteiger partial charge < -0.3 is 15.0 Å². The van der Waals surface area contributed by atoms with Crippen molar-refractivity contribution in [2.75, 3.05) is 32.1 Å². The highest BCUT2D eigenvalue weighted by molar-refractivity contribution is 6.35. The van der Waals surface area contributed by atoms with Crippen molar-refractivity contribution >= 4 is 53.1 Å². The highest BCUT2D eigenvalue weighted by Crippen LogP contribution is 2.25. The summed E-state index contributed by atoms with van der Waals surface area (Å²) in [6.07, 6.45) is 0.874. The number of nitrogens with zero attached hydrogens (tertiary/aromatic N) is 4. The topological polar surface area (TPSA) is 72.3 Å². The van der Waals surface area contributed by atoms with Crippen LogP contribution in [0.3, 0.4) is 0 Å². The van der Waals surface area contributed by atoms with Gasteiger partial charge in [0, 0.05) is 15.7 Å². The lowest BCUT2D eigenvalue weighted by Crippen LogP contribution is -2.25. The van der Waals surface area contributed by atoms with Crippen molar-refractivity contribution in [2.24, 2.45) is 0 Å². The number of hydrogen-bond acceptors (Lipinski definition) is 6. The van der Waals surface area contributed by atoms with Crippen molar-refractivity contribution in [1.29, 1.82) is 0 Å². The second-order valence-corrected chi connectivity index (χ2v) is 6.52. The number of ether oxygens (including phenoxy) is 1. The molecule has 0 radical (unpaired) electrons. The van der Waals surface area contributed by atoms with E-state index in [0.717, 1.165) is 26.1 Å². The summed E-state index contributed by atoms with van der Waals surface area (Å²) in [4.78, 5) is 15.8. The first-order chi connectivity index (χ1) is 12.5. The molecule has 2 aromatic rings. The first-order valence-corrected chi connectivity index (χ1v) is 9.21. The third-order valence-corrected chi connectivity index (χ3v) is 4.32. The van der Waals surface area contributed by atoms with Gasteiger partial charge in [0.05, 0.1) is 13.7 Å². The van der Waals surface area contributed by atoms with Crippen LogP contribution in [0.25, 0.3) is 0 Å². The van der Waals surface area contributed by atoms with E-state index < -0.39 is 5.97 Å². The maximum atomic E-state index is 12.0. The largest absolute Gasteiger partial charge is 0.464 e. The van der Waals surface area contributed by atoms with E-state index in [2.05, 4.69) is 34.3 Å². The second-order valence-electron chi connectivity index (χ2n) is 5.65. The smallest absolute Gasteiger partial charge is 0.362 e. The zero-order valence-electron chi connectivity index (χ0n) is 15.5. The van der Waals surface area contributed by atoms with Crippen LogP contribution in [0.2, 0.25) is 10.0 Å². The van der Waals surface area contributed by atoms with Gasteiger partial charge >= 0.3 is 5.97 Å². The molecule has 0 saturated heterocycles. The number of rotatable bonds is 9. The number of hydrogen-bond donors (Lipinski definition) is 1. The van der Waals surface area contributed by atoms with Gasteiger partial charge in [-0.1, -0.05) is 37.0 Å². The molecule has 0 amide bonds. The fourth-order valence-corrected chi connectivity index (χ4v) is 3.03. The number of carbonyl (C=O) groups is 1. The summed E-state index contributed by atoms with van der Waals surface area (Å²) in [6.45, 7) is 7.79. The summed E-state index contributed by atoms with van der Waals surface area (Å²) < 4.78 is 4.80. The predicted octanol–water partition coefficient (Wildman–Crippen LogP) is 4.27. The zero-order valence-corrected chi connectivity index (χ0v) is 17.9. The van der Waals surface area contributed by atoms with E-state index >= 15 is 0 Å². The van der Waals surface area contributed by atoms with Crippen LogP contribution in [0.4, 0.5) is 11.5 Å². The SMILES string of the molecule is CCN(CC)CCCn1nc(Nc2cc(Cl)cc(Cl)c2)c(C(=O)OC)n1.Cl. The number of aromatic nitrogens is 3. The number of nitrogens with one attached hydrogen (secondary N) is 1. The fourth-order valence-electron chi connectivity index (χ4n) is 2.50. The van der Waals surface area contributed by atoms with Gasteiger partial charge in [0.1, 0.15) is 0 Å². The van der Waals surface area contributed by atoms with Crippen LogP contribution in [0.15, 0.2) is 18.2 Å². The highest BCUT2D eigenvalue weighted by atomic mass is 35.5. The van der Waals surface area contributed by atoms with E-state index in [1.54, 1.807) is 18.2 Å². The Labute approximate surface area is 175 Å². The summed E-state index contributed by atoms with van der Waals surface area (Å²) in [7, 11) is 1.31. The normalized spacial score (nSPS) is 10.6. The number of esters is 1. The summed E-state index contributed by atoms with van der Waals surface area (Å²) in [6, 6.07) is 5.00. The Kier molecular flexibility index (Phi) is 9.87. The molecule has 0 aliphatic heterocycles. The van der Waals surface area contributed by atoms with Crippen molar-refractivity contribution in [3.63, 3.8) is 0 Å². The van der Waals surface area contributed by atoms with Gasteiger partial charge in [-0.2, -0.15) is 4.80 Å². The lowest BCUT2D eigenvalue weighted by Gasteiger charge is -2.17. The molecule has 0 aliphatic carbocycles. The minimum absolute atomic E-state index is 0. The molecule has 1 N–H and O–H groups in total. The van der Waals surface area contributed by atoms with Gasteiger partial charge in [-0.25, -0.2) is 4.79 Å². The van der Waals surface area contributed by atoms with E-state index in [4.69, 9.17) is 27.9 Å². The first kappa shape index (κ1) is 23.5. The number of carbonyl (C=O) groups excluding carboxylic acids is 1. The first-order valence-electron chi connectivity index (χ1n) is 8.45. The summed E-state index contributed by atoms with van der Waals surface area (Å²) >= 11 is 12.0. The second kappa shape index (κ2) is 11.3. The van der Waals surface area contributed by atoms with Gasteiger partial charge in [-0.05, 0) is 44.3 Å². The summed E-state index contributed by atoms with van der Waals surface area (Å²) in [5.41, 5.74) is 0.731. The van der Waals surface area contributed by atoms with Gasteiger partial charge in [-0.3, -0.25) is 0 Å². The van der Waals surface area contributed by atoms with Crippen LogP contribution in [0.5, 0.6) is 0 Å². The van der Waals surface area contributed by atoms with Gasteiger partial charge in [0.25, 0.3) is 0 Å². The molecule has 0 bridgehead atoms. The van der Waals surface area contributed by atoms with Crippen molar-refractivity contribution < 1.29 is 9.53 Å². The molecule has 0 saturated carbocycles. The third-order valence-electron chi connectivity index (χ3n) is 3.89. The number of aryl methyl sites for hydroxylation is 1.